The van der Waals surface area contributed by atoms with Gasteiger partial charge in [-0.1, -0.05) is 6.07 Å². The summed E-state index contributed by atoms with van der Waals surface area (Å²) in [5, 5.41) is 0. The number of rotatable bonds is 3. The van der Waals surface area contributed by atoms with Crippen molar-refractivity contribution in [1.82, 2.24) is 0 Å². The highest BCUT2D eigenvalue weighted by molar-refractivity contribution is 5.53. The van der Waals surface area contributed by atoms with Crippen molar-refractivity contribution in [3.8, 4) is 11.5 Å². The molecule has 3 nitrogen and oxygen atoms in total. The molecule has 0 unspecified atom stereocenters. The van der Waals surface area contributed by atoms with Crippen molar-refractivity contribution in [3.05, 3.63) is 23.3 Å². The van der Waals surface area contributed by atoms with Crippen molar-refractivity contribution in [1.29, 1.82) is 0 Å². The Kier molecular flexibility index (Phi) is 3.25. The van der Waals surface area contributed by atoms with Crippen molar-refractivity contribution in [2.45, 2.75) is 26.3 Å². The predicted molar refractivity (Wildman–Crippen MR) is 61.5 cm³/mol. The molecule has 84 valence electrons. The highest BCUT2D eigenvalue weighted by atomic mass is 16.5. The molecule has 0 aliphatic carbocycles. The van der Waals surface area contributed by atoms with Gasteiger partial charge in [-0.15, -0.1) is 0 Å². The van der Waals surface area contributed by atoms with Gasteiger partial charge in [0.1, 0.15) is 0 Å². The molecule has 0 spiro atoms. The van der Waals surface area contributed by atoms with Crippen molar-refractivity contribution >= 4 is 0 Å². The Morgan fingerprint density at radius 3 is 2.13 bits per heavy atom. The summed E-state index contributed by atoms with van der Waals surface area (Å²) in [4.78, 5) is 0. The number of benzene rings is 1. The van der Waals surface area contributed by atoms with Crippen molar-refractivity contribution < 1.29 is 9.47 Å². The lowest BCUT2D eigenvalue weighted by Gasteiger charge is -2.25. The Bertz CT molecular complexity index is 353. The molecule has 1 rings (SSSR count). The van der Waals surface area contributed by atoms with Crippen LogP contribution in [0.5, 0.6) is 11.5 Å². The van der Waals surface area contributed by atoms with Crippen LogP contribution in [0.3, 0.4) is 0 Å². The first kappa shape index (κ1) is 11.9. The van der Waals surface area contributed by atoms with E-state index >= 15 is 0 Å². The van der Waals surface area contributed by atoms with Gasteiger partial charge in [0.25, 0.3) is 0 Å². The van der Waals surface area contributed by atoms with Gasteiger partial charge in [0.2, 0.25) is 0 Å². The number of hydrogen-bond donors (Lipinski definition) is 1. The highest BCUT2D eigenvalue weighted by Crippen LogP contribution is 2.38. The first-order chi connectivity index (χ1) is 6.91. The Morgan fingerprint density at radius 2 is 1.73 bits per heavy atom. The van der Waals surface area contributed by atoms with E-state index in [4.69, 9.17) is 15.2 Å². The number of methoxy groups -OCH3 is 2. The molecule has 1 aromatic rings. The van der Waals surface area contributed by atoms with Crippen molar-refractivity contribution in [2.24, 2.45) is 5.73 Å². The zero-order valence-electron chi connectivity index (χ0n) is 10.0. The summed E-state index contributed by atoms with van der Waals surface area (Å²) in [6, 6.07) is 3.88. The van der Waals surface area contributed by atoms with Crippen molar-refractivity contribution in [2.75, 3.05) is 14.2 Å². The fourth-order valence-corrected chi connectivity index (χ4v) is 1.83. The average molecular weight is 209 g/mol. The SMILES string of the molecule is COc1ccc(C)c(C(C)(C)N)c1OC. The molecule has 0 amide bonds. The monoisotopic (exact) mass is 209 g/mol. The molecular weight excluding hydrogens is 190 g/mol. The van der Waals surface area contributed by atoms with Gasteiger partial charge in [-0.2, -0.15) is 0 Å². The molecule has 0 atom stereocenters. The topological polar surface area (TPSA) is 44.5 Å². The largest absolute Gasteiger partial charge is 0.493 e. The first-order valence-electron chi connectivity index (χ1n) is 4.92. The van der Waals surface area contributed by atoms with Crippen LogP contribution in [0, 0.1) is 6.92 Å². The number of nitrogens with two attached hydrogens (primary N) is 1. The third-order valence-corrected chi connectivity index (χ3v) is 2.40. The summed E-state index contributed by atoms with van der Waals surface area (Å²) in [6.07, 6.45) is 0. The van der Waals surface area contributed by atoms with Crippen LogP contribution in [0.4, 0.5) is 0 Å². The second-order valence-electron chi connectivity index (χ2n) is 4.21. The standard InChI is InChI=1S/C12H19NO2/c1-8-6-7-9(14-4)11(15-5)10(8)12(2,3)13/h6-7H,13H2,1-5H3. The molecule has 0 aromatic heterocycles. The Balaban J connectivity index is 3.46. The molecule has 0 aliphatic heterocycles. The van der Waals surface area contributed by atoms with E-state index in [1.54, 1.807) is 14.2 Å². The maximum Gasteiger partial charge on any atom is 0.165 e. The van der Waals surface area contributed by atoms with Gasteiger partial charge in [0.15, 0.2) is 11.5 Å². The summed E-state index contributed by atoms with van der Waals surface area (Å²) in [5.41, 5.74) is 7.78. The molecule has 3 heteroatoms. The van der Waals surface area contributed by atoms with E-state index in [0.717, 1.165) is 22.6 Å². The van der Waals surface area contributed by atoms with E-state index in [1.165, 1.54) is 0 Å². The minimum Gasteiger partial charge on any atom is -0.493 e. The second kappa shape index (κ2) is 4.11. The van der Waals surface area contributed by atoms with E-state index in [-0.39, 0.29) is 0 Å². The fraction of sp³-hybridized carbons (Fsp3) is 0.500. The number of ether oxygens (including phenoxy) is 2. The molecule has 0 heterocycles. The molecule has 0 saturated carbocycles. The smallest absolute Gasteiger partial charge is 0.165 e. The van der Waals surface area contributed by atoms with Gasteiger partial charge in [-0.3, -0.25) is 0 Å². The van der Waals surface area contributed by atoms with Crippen LogP contribution in [0.15, 0.2) is 12.1 Å². The maximum absolute atomic E-state index is 6.12. The van der Waals surface area contributed by atoms with Gasteiger partial charge in [-0.05, 0) is 32.4 Å². The van der Waals surface area contributed by atoms with Gasteiger partial charge in [0.05, 0.1) is 14.2 Å². The minimum absolute atomic E-state index is 0.441. The lowest BCUT2D eigenvalue weighted by Crippen LogP contribution is -2.30. The molecule has 0 fully saturated rings. The quantitative estimate of drug-likeness (QED) is 0.830. The van der Waals surface area contributed by atoms with Gasteiger partial charge >= 0.3 is 0 Å². The predicted octanol–water partition coefficient (Wildman–Crippen LogP) is 2.21. The summed E-state index contributed by atoms with van der Waals surface area (Å²) in [6.45, 7) is 5.93. The third kappa shape index (κ3) is 2.23. The third-order valence-electron chi connectivity index (χ3n) is 2.40. The first-order valence-corrected chi connectivity index (χ1v) is 4.92. The Labute approximate surface area is 91.2 Å². The molecule has 2 N–H and O–H groups in total. The zero-order valence-corrected chi connectivity index (χ0v) is 10.0. The second-order valence-corrected chi connectivity index (χ2v) is 4.21. The van der Waals surface area contributed by atoms with Gasteiger partial charge in [-0.25, -0.2) is 0 Å². The minimum atomic E-state index is -0.441. The van der Waals surface area contributed by atoms with E-state index in [1.807, 2.05) is 32.9 Å². The van der Waals surface area contributed by atoms with E-state index in [9.17, 15) is 0 Å². The van der Waals surface area contributed by atoms with Crippen LogP contribution in [-0.4, -0.2) is 14.2 Å². The molecule has 0 aliphatic rings. The van der Waals surface area contributed by atoms with Crippen LogP contribution >= 0.6 is 0 Å². The van der Waals surface area contributed by atoms with E-state index in [2.05, 4.69) is 0 Å². The molecule has 1 aromatic carbocycles. The fourth-order valence-electron chi connectivity index (χ4n) is 1.83. The lowest BCUT2D eigenvalue weighted by molar-refractivity contribution is 0.343. The normalized spacial score (nSPS) is 11.3. The molecule has 0 saturated heterocycles. The molecular formula is C12H19NO2. The Morgan fingerprint density at radius 1 is 1.13 bits per heavy atom. The van der Waals surface area contributed by atoms with Gasteiger partial charge < -0.3 is 15.2 Å². The Hall–Kier alpha value is -1.22. The van der Waals surface area contributed by atoms with Gasteiger partial charge in [0, 0.05) is 11.1 Å². The zero-order chi connectivity index (χ0) is 11.6. The number of hydrogen-bond acceptors (Lipinski definition) is 3. The van der Waals surface area contributed by atoms with E-state index < -0.39 is 5.54 Å². The number of aryl methyl sites for hydroxylation is 1. The molecule has 0 radical (unpaired) electrons. The van der Waals surface area contributed by atoms with E-state index in [0.29, 0.717) is 0 Å². The summed E-state index contributed by atoms with van der Waals surface area (Å²) in [7, 11) is 3.26. The summed E-state index contributed by atoms with van der Waals surface area (Å²) >= 11 is 0. The molecule has 0 bridgehead atoms. The summed E-state index contributed by atoms with van der Waals surface area (Å²) < 4.78 is 10.6. The van der Waals surface area contributed by atoms with Crippen molar-refractivity contribution in [3.63, 3.8) is 0 Å². The van der Waals surface area contributed by atoms with Crippen LogP contribution in [0.2, 0.25) is 0 Å². The van der Waals surface area contributed by atoms with Crippen LogP contribution < -0.4 is 15.2 Å². The van der Waals surface area contributed by atoms with Crippen LogP contribution in [-0.2, 0) is 5.54 Å². The lowest BCUT2D eigenvalue weighted by atomic mass is 9.90. The van der Waals surface area contributed by atoms with Crippen LogP contribution in [0.25, 0.3) is 0 Å². The van der Waals surface area contributed by atoms with Crippen LogP contribution in [0.1, 0.15) is 25.0 Å². The highest BCUT2D eigenvalue weighted by Gasteiger charge is 2.24. The maximum atomic E-state index is 6.12. The average Bonchev–Trinajstić information content (AvgIpc) is 2.15. The summed E-state index contributed by atoms with van der Waals surface area (Å²) in [5.74, 6) is 1.45. The molecule has 15 heavy (non-hydrogen) atoms.